The highest BCUT2D eigenvalue weighted by Crippen LogP contribution is 2.48. The molecular weight excluding hydrogens is 236 g/mol. The molecule has 5 aliphatic rings. The third-order valence-corrected chi connectivity index (χ3v) is 6.29. The highest BCUT2D eigenvalue weighted by atomic mass is 16.2. The highest BCUT2D eigenvalue weighted by Gasteiger charge is 2.48. The van der Waals surface area contributed by atoms with Crippen LogP contribution in [-0.2, 0) is 4.79 Å². The third-order valence-electron chi connectivity index (χ3n) is 6.29. The Kier molecular flexibility index (Phi) is 2.70. The van der Waals surface area contributed by atoms with Crippen LogP contribution < -0.4 is 5.73 Å². The first kappa shape index (κ1) is 12.2. The van der Waals surface area contributed by atoms with Gasteiger partial charge in [-0.1, -0.05) is 12.8 Å². The average molecular weight is 262 g/mol. The van der Waals surface area contributed by atoms with Gasteiger partial charge in [0, 0.05) is 12.6 Å². The summed E-state index contributed by atoms with van der Waals surface area (Å²) in [5.74, 6) is 2.86. The van der Waals surface area contributed by atoms with Crippen molar-refractivity contribution in [2.45, 2.75) is 69.4 Å². The molecule has 2 heterocycles. The Balaban J connectivity index is 1.59. The second-order valence-corrected chi connectivity index (χ2v) is 7.75. The molecule has 106 valence electrons. The first-order chi connectivity index (χ1) is 9.14. The van der Waals surface area contributed by atoms with Crippen molar-refractivity contribution in [3.63, 3.8) is 0 Å². The molecule has 3 aliphatic carbocycles. The standard InChI is InChI=1S/C16H26N2O/c17-16(3-1-2-4-16)15(19)18-10-13-6-11-5-12(7-13)9-14(18)8-11/h11-14H,1-10,17H2. The summed E-state index contributed by atoms with van der Waals surface area (Å²) in [5.41, 5.74) is 5.91. The maximum Gasteiger partial charge on any atom is 0.242 e. The smallest absolute Gasteiger partial charge is 0.242 e. The minimum Gasteiger partial charge on any atom is -0.338 e. The Morgan fingerprint density at radius 2 is 1.53 bits per heavy atom. The number of amides is 1. The molecule has 2 saturated heterocycles. The summed E-state index contributed by atoms with van der Waals surface area (Å²) in [6.07, 6.45) is 10.8. The molecule has 2 unspecified atom stereocenters. The van der Waals surface area contributed by atoms with E-state index in [1.165, 1.54) is 32.1 Å². The summed E-state index contributed by atoms with van der Waals surface area (Å²) in [6.45, 7) is 1.01. The van der Waals surface area contributed by atoms with Gasteiger partial charge in [0.15, 0.2) is 0 Å². The monoisotopic (exact) mass is 262 g/mol. The molecule has 2 atom stereocenters. The van der Waals surface area contributed by atoms with E-state index in [0.717, 1.165) is 50.0 Å². The van der Waals surface area contributed by atoms with Crippen LogP contribution in [0, 0.1) is 17.8 Å². The molecule has 2 N–H and O–H groups in total. The van der Waals surface area contributed by atoms with E-state index in [-0.39, 0.29) is 0 Å². The van der Waals surface area contributed by atoms with E-state index in [0.29, 0.717) is 11.9 Å². The lowest BCUT2D eigenvalue weighted by Gasteiger charge is -2.40. The van der Waals surface area contributed by atoms with Gasteiger partial charge in [0.2, 0.25) is 5.91 Å². The van der Waals surface area contributed by atoms with Crippen LogP contribution in [0.2, 0.25) is 0 Å². The molecule has 0 aromatic rings. The Bertz CT molecular complexity index is 374. The summed E-state index contributed by atoms with van der Waals surface area (Å²) in [6, 6.07) is 0.518. The molecule has 2 aliphatic heterocycles. The van der Waals surface area contributed by atoms with Crippen LogP contribution >= 0.6 is 0 Å². The van der Waals surface area contributed by atoms with Crippen LogP contribution in [0.5, 0.6) is 0 Å². The molecule has 4 bridgehead atoms. The molecule has 0 spiro atoms. The number of rotatable bonds is 1. The molecule has 0 radical (unpaired) electrons. The van der Waals surface area contributed by atoms with Gasteiger partial charge in [-0.25, -0.2) is 0 Å². The lowest BCUT2D eigenvalue weighted by Crippen LogP contribution is -2.56. The van der Waals surface area contributed by atoms with Gasteiger partial charge in [0.1, 0.15) is 0 Å². The third kappa shape index (κ3) is 1.93. The molecule has 0 aromatic heterocycles. The summed E-state index contributed by atoms with van der Waals surface area (Å²) in [4.78, 5) is 15.2. The van der Waals surface area contributed by atoms with Crippen LogP contribution in [-0.4, -0.2) is 28.9 Å². The molecule has 0 aromatic carbocycles. The molecule has 3 nitrogen and oxygen atoms in total. The number of hydrogen-bond donors (Lipinski definition) is 1. The van der Waals surface area contributed by atoms with Gasteiger partial charge in [0.05, 0.1) is 5.54 Å². The van der Waals surface area contributed by atoms with Crippen molar-refractivity contribution in [3.05, 3.63) is 0 Å². The SMILES string of the molecule is NC1(C(=O)N2CC3CC4CC(C3)CC2C4)CCCC1. The molecule has 5 rings (SSSR count). The molecule has 5 fully saturated rings. The molecule has 3 saturated carbocycles. The Hall–Kier alpha value is -0.570. The average Bonchev–Trinajstić information content (AvgIpc) is 2.73. The molecule has 19 heavy (non-hydrogen) atoms. The number of nitrogens with two attached hydrogens (primary N) is 1. The van der Waals surface area contributed by atoms with Crippen LogP contribution in [0.15, 0.2) is 0 Å². The zero-order valence-electron chi connectivity index (χ0n) is 11.8. The molecule has 3 heteroatoms. The zero-order valence-corrected chi connectivity index (χ0v) is 11.8. The van der Waals surface area contributed by atoms with Crippen LogP contribution in [0.4, 0.5) is 0 Å². The number of nitrogens with zero attached hydrogens (tertiary/aromatic N) is 1. The largest absolute Gasteiger partial charge is 0.338 e. The van der Waals surface area contributed by atoms with Crippen molar-refractivity contribution in [1.29, 1.82) is 0 Å². The first-order valence-corrected chi connectivity index (χ1v) is 8.24. The van der Waals surface area contributed by atoms with Gasteiger partial charge in [-0.15, -0.1) is 0 Å². The molecule has 1 amide bonds. The Morgan fingerprint density at radius 3 is 2.16 bits per heavy atom. The Labute approximate surface area is 115 Å². The van der Waals surface area contributed by atoms with Gasteiger partial charge >= 0.3 is 0 Å². The first-order valence-electron chi connectivity index (χ1n) is 8.24. The van der Waals surface area contributed by atoms with E-state index in [4.69, 9.17) is 5.73 Å². The van der Waals surface area contributed by atoms with Crippen LogP contribution in [0.1, 0.15) is 57.8 Å². The van der Waals surface area contributed by atoms with Crippen molar-refractivity contribution in [1.82, 2.24) is 4.90 Å². The molecular formula is C16H26N2O. The number of carbonyl (C=O) groups is 1. The maximum atomic E-state index is 12.9. The van der Waals surface area contributed by atoms with Gasteiger partial charge < -0.3 is 10.6 Å². The summed E-state index contributed by atoms with van der Waals surface area (Å²) in [7, 11) is 0. The van der Waals surface area contributed by atoms with Gasteiger partial charge in [0.25, 0.3) is 0 Å². The number of hydrogen-bond acceptors (Lipinski definition) is 2. The maximum absolute atomic E-state index is 12.9. The summed E-state index contributed by atoms with van der Waals surface area (Å²) < 4.78 is 0. The van der Waals surface area contributed by atoms with E-state index in [1.807, 2.05) is 0 Å². The lowest BCUT2D eigenvalue weighted by molar-refractivity contribution is -0.139. The van der Waals surface area contributed by atoms with Gasteiger partial charge in [-0.3, -0.25) is 4.79 Å². The van der Waals surface area contributed by atoms with E-state index in [2.05, 4.69) is 4.90 Å². The van der Waals surface area contributed by atoms with E-state index >= 15 is 0 Å². The van der Waals surface area contributed by atoms with E-state index < -0.39 is 5.54 Å². The van der Waals surface area contributed by atoms with Crippen LogP contribution in [0.3, 0.4) is 0 Å². The van der Waals surface area contributed by atoms with Crippen molar-refractivity contribution < 1.29 is 4.79 Å². The van der Waals surface area contributed by atoms with E-state index in [9.17, 15) is 4.79 Å². The predicted octanol–water partition coefficient (Wildman–Crippen LogP) is 2.29. The Morgan fingerprint density at radius 1 is 0.947 bits per heavy atom. The van der Waals surface area contributed by atoms with E-state index in [1.54, 1.807) is 0 Å². The fourth-order valence-electron chi connectivity index (χ4n) is 5.54. The normalized spacial score (nSPS) is 43.5. The number of fused-ring (bicyclic) bond motifs is 1. The van der Waals surface area contributed by atoms with Crippen molar-refractivity contribution in [2.75, 3.05) is 6.54 Å². The highest BCUT2D eigenvalue weighted by molar-refractivity contribution is 5.86. The van der Waals surface area contributed by atoms with Crippen molar-refractivity contribution in [2.24, 2.45) is 23.5 Å². The number of carbonyl (C=O) groups excluding carboxylic acids is 1. The summed E-state index contributed by atoms with van der Waals surface area (Å²) in [5, 5.41) is 0. The van der Waals surface area contributed by atoms with Crippen molar-refractivity contribution >= 4 is 5.91 Å². The van der Waals surface area contributed by atoms with Gasteiger partial charge in [-0.05, 0) is 62.7 Å². The van der Waals surface area contributed by atoms with Gasteiger partial charge in [-0.2, -0.15) is 0 Å². The lowest BCUT2D eigenvalue weighted by atomic mass is 9.68. The predicted molar refractivity (Wildman–Crippen MR) is 74.4 cm³/mol. The fourth-order valence-corrected chi connectivity index (χ4v) is 5.54. The fraction of sp³-hybridized carbons (Fsp3) is 0.938. The van der Waals surface area contributed by atoms with Crippen molar-refractivity contribution in [3.8, 4) is 0 Å². The topological polar surface area (TPSA) is 46.3 Å². The minimum absolute atomic E-state index is 0.295. The second-order valence-electron chi connectivity index (χ2n) is 7.75. The minimum atomic E-state index is -0.512. The summed E-state index contributed by atoms with van der Waals surface area (Å²) >= 11 is 0. The quantitative estimate of drug-likeness (QED) is 0.788. The van der Waals surface area contributed by atoms with Crippen LogP contribution in [0.25, 0.3) is 0 Å². The zero-order chi connectivity index (χ0) is 13.0. The second kappa shape index (κ2) is 4.21.